The van der Waals surface area contributed by atoms with E-state index in [2.05, 4.69) is 15.1 Å². The summed E-state index contributed by atoms with van der Waals surface area (Å²) >= 11 is 13.3. The maximum atomic E-state index is 11.9. The molecule has 0 saturated carbocycles. The van der Waals surface area contributed by atoms with Gasteiger partial charge >= 0.3 is 5.69 Å². The Hall–Kier alpha value is -2.01. The highest BCUT2D eigenvalue weighted by molar-refractivity contribution is 7.98. The van der Waals surface area contributed by atoms with Crippen LogP contribution in [-0.4, -0.2) is 19.6 Å². The molecule has 0 radical (unpaired) electrons. The lowest BCUT2D eigenvalue weighted by atomic mass is 10.2. The number of hydrogen-bond acceptors (Lipinski definition) is 5. The van der Waals surface area contributed by atoms with Crippen molar-refractivity contribution < 1.29 is 0 Å². The third-order valence-corrected chi connectivity index (χ3v) is 4.38. The standard InChI is InChI=1S/C13H7Cl2N5OS/c14-9-1-2-10(15)7(3-9)6-22-12-18-11-8(4-16)5-17-20(11)13(21)19-12/h1-3,5H,6H2,(H,18,19,21). The zero-order valence-electron chi connectivity index (χ0n) is 10.9. The normalized spacial score (nSPS) is 10.8. The van der Waals surface area contributed by atoms with Crippen molar-refractivity contribution in [1.29, 1.82) is 5.26 Å². The fraction of sp³-hybridized carbons (Fsp3) is 0.0769. The smallest absolute Gasteiger partial charge is 0.285 e. The fourth-order valence-corrected chi connectivity index (χ4v) is 3.11. The Morgan fingerprint density at radius 3 is 3.00 bits per heavy atom. The molecule has 1 N–H and O–H groups in total. The second-order valence-electron chi connectivity index (χ2n) is 4.28. The summed E-state index contributed by atoms with van der Waals surface area (Å²) < 4.78 is 1.05. The lowest BCUT2D eigenvalue weighted by molar-refractivity contribution is 0.786. The number of halogens is 2. The van der Waals surface area contributed by atoms with Crippen LogP contribution in [0.25, 0.3) is 5.65 Å². The van der Waals surface area contributed by atoms with Crippen LogP contribution in [0.4, 0.5) is 0 Å². The van der Waals surface area contributed by atoms with Gasteiger partial charge in [-0.2, -0.15) is 14.9 Å². The Morgan fingerprint density at radius 1 is 1.41 bits per heavy atom. The molecule has 3 aromatic rings. The molecule has 0 aliphatic heterocycles. The van der Waals surface area contributed by atoms with E-state index in [-0.39, 0.29) is 11.2 Å². The second-order valence-corrected chi connectivity index (χ2v) is 6.08. The second kappa shape index (κ2) is 6.01. The molecule has 0 fully saturated rings. The van der Waals surface area contributed by atoms with E-state index in [9.17, 15) is 4.79 Å². The van der Waals surface area contributed by atoms with Crippen LogP contribution in [0.15, 0.2) is 34.3 Å². The summed E-state index contributed by atoms with van der Waals surface area (Å²) in [6.45, 7) is 0. The van der Waals surface area contributed by atoms with Crippen molar-refractivity contribution in [3.8, 4) is 6.07 Å². The molecule has 3 rings (SSSR count). The van der Waals surface area contributed by atoms with E-state index in [0.29, 0.717) is 21.0 Å². The number of hydrogen-bond donors (Lipinski definition) is 1. The molecule has 0 aliphatic carbocycles. The van der Waals surface area contributed by atoms with Gasteiger partial charge in [-0.3, -0.25) is 4.98 Å². The largest absolute Gasteiger partial charge is 0.350 e. The van der Waals surface area contributed by atoms with E-state index in [1.165, 1.54) is 18.0 Å². The van der Waals surface area contributed by atoms with E-state index in [1.54, 1.807) is 18.2 Å². The minimum absolute atomic E-state index is 0.228. The van der Waals surface area contributed by atoms with Gasteiger partial charge in [0.05, 0.1) is 6.20 Å². The first-order valence-electron chi connectivity index (χ1n) is 6.03. The van der Waals surface area contributed by atoms with Crippen molar-refractivity contribution >= 4 is 40.6 Å². The molecule has 2 aromatic heterocycles. The van der Waals surface area contributed by atoms with Gasteiger partial charge in [-0.05, 0) is 23.8 Å². The molecule has 2 heterocycles. The highest BCUT2D eigenvalue weighted by atomic mass is 35.5. The van der Waals surface area contributed by atoms with Gasteiger partial charge < -0.3 is 0 Å². The summed E-state index contributed by atoms with van der Waals surface area (Å²) in [5.41, 5.74) is 0.849. The van der Waals surface area contributed by atoms with E-state index in [4.69, 9.17) is 28.5 Å². The summed E-state index contributed by atoms with van der Waals surface area (Å²) in [7, 11) is 0. The van der Waals surface area contributed by atoms with Crippen molar-refractivity contribution in [3.05, 3.63) is 56.1 Å². The third kappa shape index (κ3) is 2.81. The Bertz CT molecular complexity index is 959. The van der Waals surface area contributed by atoms with Crippen molar-refractivity contribution in [2.24, 2.45) is 0 Å². The van der Waals surface area contributed by atoms with Crippen LogP contribution in [0.5, 0.6) is 0 Å². The van der Waals surface area contributed by atoms with Crippen LogP contribution in [-0.2, 0) is 5.75 Å². The summed E-state index contributed by atoms with van der Waals surface area (Å²) in [6, 6.07) is 7.12. The zero-order chi connectivity index (χ0) is 15.7. The monoisotopic (exact) mass is 351 g/mol. The number of nitriles is 1. The van der Waals surface area contributed by atoms with Gasteiger partial charge in [0.2, 0.25) is 0 Å². The van der Waals surface area contributed by atoms with E-state index >= 15 is 0 Å². The molecule has 22 heavy (non-hydrogen) atoms. The topological polar surface area (TPSA) is 86.8 Å². The highest BCUT2D eigenvalue weighted by Gasteiger charge is 2.11. The van der Waals surface area contributed by atoms with Crippen LogP contribution >= 0.6 is 35.0 Å². The van der Waals surface area contributed by atoms with Crippen LogP contribution in [0.2, 0.25) is 10.0 Å². The Balaban J connectivity index is 1.93. The Kier molecular flexibility index (Phi) is 4.07. The number of benzene rings is 1. The number of thioether (sulfide) groups is 1. The SMILES string of the molecule is N#Cc1cnn2c(=O)[nH]c(SCc3cc(Cl)ccc3Cl)nc12. The van der Waals surface area contributed by atoms with Gasteiger partial charge in [-0.1, -0.05) is 35.0 Å². The average Bonchev–Trinajstić information content (AvgIpc) is 2.92. The number of rotatable bonds is 3. The highest BCUT2D eigenvalue weighted by Crippen LogP contribution is 2.27. The first kappa shape index (κ1) is 14.9. The molecule has 0 saturated heterocycles. The Morgan fingerprint density at radius 2 is 2.23 bits per heavy atom. The molecule has 0 aliphatic rings. The summed E-state index contributed by atoms with van der Waals surface area (Å²) in [4.78, 5) is 18.7. The first-order chi connectivity index (χ1) is 10.6. The predicted octanol–water partition coefficient (Wildman–Crippen LogP) is 2.89. The van der Waals surface area contributed by atoms with Gasteiger partial charge in [0.15, 0.2) is 10.8 Å². The molecular formula is C13H7Cl2N5OS. The van der Waals surface area contributed by atoms with E-state index in [0.717, 1.165) is 10.1 Å². The number of nitrogens with zero attached hydrogens (tertiary/aromatic N) is 4. The summed E-state index contributed by atoms with van der Waals surface area (Å²) in [6.07, 6.45) is 1.31. The van der Waals surface area contributed by atoms with Crippen LogP contribution < -0.4 is 5.69 Å². The fourth-order valence-electron chi connectivity index (χ4n) is 1.81. The van der Waals surface area contributed by atoms with Crippen LogP contribution in [0.3, 0.4) is 0 Å². The minimum atomic E-state index is -0.453. The summed E-state index contributed by atoms with van der Waals surface area (Å²) in [5.74, 6) is 0.481. The molecule has 9 heteroatoms. The predicted molar refractivity (Wildman–Crippen MR) is 84.3 cm³/mol. The number of fused-ring (bicyclic) bond motifs is 1. The number of aromatic amines is 1. The maximum Gasteiger partial charge on any atom is 0.350 e. The van der Waals surface area contributed by atoms with Gasteiger partial charge in [0, 0.05) is 15.8 Å². The molecule has 0 unspecified atom stereocenters. The molecule has 0 amide bonds. The summed E-state index contributed by atoms with van der Waals surface area (Å²) in [5, 5.41) is 14.3. The molecule has 1 aromatic carbocycles. The first-order valence-corrected chi connectivity index (χ1v) is 7.77. The van der Waals surface area contributed by atoms with Crippen molar-refractivity contribution in [2.75, 3.05) is 0 Å². The molecule has 0 atom stereocenters. The Labute approximate surface area is 138 Å². The third-order valence-electron chi connectivity index (χ3n) is 2.85. The lowest BCUT2D eigenvalue weighted by Gasteiger charge is -2.04. The average molecular weight is 352 g/mol. The van der Waals surface area contributed by atoms with Crippen molar-refractivity contribution in [2.45, 2.75) is 10.9 Å². The lowest BCUT2D eigenvalue weighted by Crippen LogP contribution is -2.19. The number of aromatic nitrogens is 4. The molecular weight excluding hydrogens is 345 g/mol. The van der Waals surface area contributed by atoms with Crippen molar-refractivity contribution in [1.82, 2.24) is 19.6 Å². The van der Waals surface area contributed by atoms with Crippen LogP contribution in [0.1, 0.15) is 11.1 Å². The molecule has 6 nitrogen and oxygen atoms in total. The number of H-pyrrole nitrogens is 1. The quantitative estimate of drug-likeness (QED) is 0.733. The van der Waals surface area contributed by atoms with Gasteiger partial charge in [-0.15, -0.1) is 0 Å². The van der Waals surface area contributed by atoms with Gasteiger partial charge in [0.25, 0.3) is 0 Å². The molecule has 0 spiro atoms. The maximum absolute atomic E-state index is 11.9. The van der Waals surface area contributed by atoms with Gasteiger partial charge in [0.1, 0.15) is 11.6 Å². The van der Waals surface area contributed by atoms with Crippen molar-refractivity contribution in [3.63, 3.8) is 0 Å². The number of nitrogens with one attached hydrogen (secondary N) is 1. The molecule has 0 bridgehead atoms. The van der Waals surface area contributed by atoms with Crippen LogP contribution in [0, 0.1) is 11.3 Å². The van der Waals surface area contributed by atoms with E-state index < -0.39 is 5.69 Å². The zero-order valence-corrected chi connectivity index (χ0v) is 13.2. The molecule has 110 valence electrons. The minimum Gasteiger partial charge on any atom is -0.285 e. The van der Waals surface area contributed by atoms with Gasteiger partial charge in [-0.25, -0.2) is 9.78 Å². The van der Waals surface area contributed by atoms with E-state index in [1.807, 2.05) is 6.07 Å².